The third kappa shape index (κ3) is 4.69. The topological polar surface area (TPSA) is 92.2 Å². The first-order valence-electron chi connectivity index (χ1n) is 13.8. The number of pyridine rings is 1. The molecule has 1 saturated carbocycles. The molecule has 4 aromatic rings. The minimum atomic E-state index is -0.135. The van der Waals surface area contributed by atoms with Gasteiger partial charge in [-0.3, -0.25) is 14.3 Å². The lowest BCUT2D eigenvalue weighted by atomic mass is 10.0. The standard InChI is InChI=1S/C30H35N5O3/c1-20-16-26-24(28-25(30(37)33-26)19-32-35(28)22-9-4-2-3-5-10-22)17-23(20)29(36)31-18-21-8-6-7-11-27(21)34-12-14-38-15-13-34/h6-8,11,16-17,19,22H,2-5,9-10,12-15,18H2,1H3,(H,31,36)(H,33,37). The quantitative estimate of drug-likeness (QED) is 0.372. The van der Waals surface area contributed by atoms with Crippen LogP contribution in [0.25, 0.3) is 21.8 Å². The molecule has 0 atom stereocenters. The summed E-state index contributed by atoms with van der Waals surface area (Å²) in [6.07, 6.45) is 8.64. The molecule has 2 aromatic heterocycles. The number of ether oxygens (including phenoxy) is 1. The van der Waals surface area contributed by atoms with Crippen LogP contribution < -0.4 is 15.8 Å². The van der Waals surface area contributed by atoms with E-state index in [2.05, 4.69) is 32.4 Å². The maximum absolute atomic E-state index is 13.5. The van der Waals surface area contributed by atoms with Crippen molar-refractivity contribution in [3.8, 4) is 0 Å². The summed E-state index contributed by atoms with van der Waals surface area (Å²) in [7, 11) is 0. The van der Waals surface area contributed by atoms with Gasteiger partial charge in [0.2, 0.25) is 0 Å². The number of hydrogen-bond donors (Lipinski definition) is 2. The van der Waals surface area contributed by atoms with Crippen molar-refractivity contribution in [3.63, 3.8) is 0 Å². The van der Waals surface area contributed by atoms with E-state index >= 15 is 0 Å². The van der Waals surface area contributed by atoms with Gasteiger partial charge < -0.3 is 19.9 Å². The molecule has 1 saturated heterocycles. The van der Waals surface area contributed by atoms with Gasteiger partial charge >= 0.3 is 0 Å². The fraction of sp³-hybridized carbons (Fsp3) is 0.433. The Morgan fingerprint density at radius 2 is 1.84 bits per heavy atom. The zero-order valence-corrected chi connectivity index (χ0v) is 22.0. The molecule has 3 heterocycles. The Labute approximate surface area is 222 Å². The Kier molecular flexibility index (Phi) is 6.89. The van der Waals surface area contributed by atoms with Gasteiger partial charge in [0, 0.05) is 36.3 Å². The normalized spacial score (nSPS) is 17.1. The van der Waals surface area contributed by atoms with Crippen LogP contribution in [-0.2, 0) is 11.3 Å². The summed E-state index contributed by atoms with van der Waals surface area (Å²) in [5, 5.41) is 9.28. The lowest BCUT2D eigenvalue weighted by molar-refractivity contribution is 0.0950. The molecule has 0 radical (unpaired) electrons. The lowest BCUT2D eigenvalue weighted by Crippen LogP contribution is -2.37. The van der Waals surface area contributed by atoms with Crippen LogP contribution in [0.2, 0.25) is 0 Å². The largest absolute Gasteiger partial charge is 0.378 e. The second-order valence-electron chi connectivity index (χ2n) is 10.6. The maximum atomic E-state index is 13.5. The first-order valence-corrected chi connectivity index (χ1v) is 13.8. The average Bonchev–Trinajstić information content (AvgIpc) is 3.21. The van der Waals surface area contributed by atoms with Gasteiger partial charge in [-0.25, -0.2) is 0 Å². The number of aromatic amines is 1. The Morgan fingerprint density at radius 1 is 1.08 bits per heavy atom. The number of anilines is 1. The predicted octanol–water partition coefficient (Wildman–Crippen LogP) is 4.85. The SMILES string of the molecule is Cc1cc2[nH]c(=O)c3cnn(C4CCCCCC4)c3c2cc1C(=O)NCc1ccccc1N1CCOCC1. The van der Waals surface area contributed by atoms with Gasteiger partial charge in [0.15, 0.2) is 0 Å². The molecule has 8 nitrogen and oxygen atoms in total. The van der Waals surface area contributed by atoms with E-state index in [0.717, 1.165) is 59.2 Å². The molecule has 1 aliphatic heterocycles. The molecule has 38 heavy (non-hydrogen) atoms. The Balaban J connectivity index is 1.33. The van der Waals surface area contributed by atoms with Crippen molar-refractivity contribution < 1.29 is 9.53 Å². The van der Waals surface area contributed by atoms with E-state index in [1.54, 1.807) is 6.20 Å². The molecule has 2 N–H and O–H groups in total. The number of fused-ring (bicyclic) bond motifs is 3. The number of H-pyrrole nitrogens is 1. The molecule has 0 bridgehead atoms. The number of carbonyl (C=O) groups is 1. The number of hydrogen-bond acceptors (Lipinski definition) is 5. The Hall–Kier alpha value is -3.65. The predicted molar refractivity (Wildman–Crippen MR) is 150 cm³/mol. The number of morpholine rings is 1. The van der Waals surface area contributed by atoms with Crippen LogP contribution >= 0.6 is 0 Å². The summed E-state index contributed by atoms with van der Waals surface area (Å²) < 4.78 is 7.56. The maximum Gasteiger partial charge on any atom is 0.259 e. The van der Waals surface area contributed by atoms with Crippen LogP contribution in [0.1, 0.15) is 66.1 Å². The van der Waals surface area contributed by atoms with Crippen molar-refractivity contribution in [3.05, 3.63) is 69.6 Å². The van der Waals surface area contributed by atoms with Crippen molar-refractivity contribution >= 4 is 33.4 Å². The number of rotatable bonds is 5. The van der Waals surface area contributed by atoms with Crippen molar-refractivity contribution in [2.75, 3.05) is 31.2 Å². The van der Waals surface area contributed by atoms with Crippen LogP contribution in [0.3, 0.4) is 0 Å². The van der Waals surface area contributed by atoms with E-state index < -0.39 is 0 Å². The second kappa shape index (κ2) is 10.6. The zero-order valence-electron chi connectivity index (χ0n) is 22.0. The van der Waals surface area contributed by atoms with Crippen molar-refractivity contribution in [2.45, 2.75) is 58.0 Å². The number of amides is 1. The molecule has 0 spiro atoms. The molecule has 2 aliphatic rings. The molecule has 1 aliphatic carbocycles. The van der Waals surface area contributed by atoms with E-state index in [1.165, 1.54) is 25.7 Å². The molecule has 6 rings (SSSR count). The molecular formula is C30H35N5O3. The Bertz CT molecular complexity index is 1520. The van der Waals surface area contributed by atoms with E-state index in [1.807, 2.05) is 35.9 Å². The van der Waals surface area contributed by atoms with E-state index in [4.69, 9.17) is 4.74 Å². The number of nitrogens with one attached hydrogen (secondary N) is 2. The van der Waals surface area contributed by atoms with Gasteiger partial charge in [-0.1, -0.05) is 43.9 Å². The molecule has 8 heteroatoms. The average molecular weight is 514 g/mol. The number of benzene rings is 2. The van der Waals surface area contributed by atoms with Crippen LogP contribution in [0.15, 0.2) is 47.4 Å². The van der Waals surface area contributed by atoms with Gasteiger partial charge in [0.1, 0.15) is 0 Å². The van der Waals surface area contributed by atoms with Gasteiger partial charge in [-0.05, 0) is 49.1 Å². The molecule has 0 unspecified atom stereocenters. The number of carbonyl (C=O) groups excluding carboxylic acids is 1. The fourth-order valence-corrected chi connectivity index (χ4v) is 6.06. The Morgan fingerprint density at radius 3 is 2.63 bits per heavy atom. The third-order valence-electron chi connectivity index (χ3n) is 8.11. The lowest BCUT2D eigenvalue weighted by Gasteiger charge is -2.30. The molecule has 1 amide bonds. The van der Waals surface area contributed by atoms with Gasteiger partial charge in [0.25, 0.3) is 11.5 Å². The van der Waals surface area contributed by atoms with Gasteiger partial charge in [0.05, 0.1) is 41.9 Å². The highest BCUT2D eigenvalue weighted by Gasteiger charge is 2.22. The summed E-state index contributed by atoms with van der Waals surface area (Å²) in [6.45, 7) is 5.47. The van der Waals surface area contributed by atoms with Crippen molar-refractivity contribution in [1.82, 2.24) is 20.1 Å². The summed E-state index contributed by atoms with van der Waals surface area (Å²) in [5.41, 5.74) is 5.10. The van der Waals surface area contributed by atoms with E-state index in [9.17, 15) is 9.59 Å². The zero-order chi connectivity index (χ0) is 26.1. The number of nitrogens with zero attached hydrogens (tertiary/aromatic N) is 3. The van der Waals surface area contributed by atoms with Crippen LogP contribution in [0.5, 0.6) is 0 Å². The second-order valence-corrected chi connectivity index (χ2v) is 10.6. The van der Waals surface area contributed by atoms with Crippen molar-refractivity contribution in [1.29, 1.82) is 0 Å². The molecular weight excluding hydrogens is 478 g/mol. The summed E-state index contributed by atoms with van der Waals surface area (Å²) in [4.78, 5) is 31.7. The minimum Gasteiger partial charge on any atom is -0.378 e. The van der Waals surface area contributed by atoms with E-state index in [-0.39, 0.29) is 17.5 Å². The summed E-state index contributed by atoms with van der Waals surface area (Å²) >= 11 is 0. The van der Waals surface area contributed by atoms with Gasteiger partial charge in [-0.2, -0.15) is 5.10 Å². The third-order valence-corrected chi connectivity index (χ3v) is 8.11. The molecule has 2 fully saturated rings. The van der Waals surface area contributed by atoms with Crippen LogP contribution in [0, 0.1) is 6.92 Å². The fourth-order valence-electron chi connectivity index (χ4n) is 6.06. The first kappa shape index (κ1) is 24.7. The minimum absolute atomic E-state index is 0.124. The number of aromatic nitrogens is 3. The van der Waals surface area contributed by atoms with Crippen LogP contribution in [-0.4, -0.2) is 47.0 Å². The van der Waals surface area contributed by atoms with E-state index in [0.29, 0.717) is 30.7 Å². The van der Waals surface area contributed by atoms with Gasteiger partial charge in [-0.15, -0.1) is 0 Å². The van der Waals surface area contributed by atoms with Crippen LogP contribution in [0.4, 0.5) is 5.69 Å². The van der Waals surface area contributed by atoms with Crippen molar-refractivity contribution in [2.24, 2.45) is 0 Å². The highest BCUT2D eigenvalue weighted by atomic mass is 16.5. The molecule has 198 valence electrons. The first-order chi connectivity index (χ1) is 18.6. The smallest absolute Gasteiger partial charge is 0.259 e. The molecule has 2 aromatic carbocycles. The highest BCUT2D eigenvalue weighted by Crippen LogP contribution is 2.32. The monoisotopic (exact) mass is 513 g/mol. The number of para-hydroxylation sites is 1. The number of aryl methyl sites for hydroxylation is 1. The summed E-state index contributed by atoms with van der Waals surface area (Å²) in [5.74, 6) is -0.124. The highest BCUT2D eigenvalue weighted by molar-refractivity contribution is 6.07. The summed E-state index contributed by atoms with van der Waals surface area (Å²) in [6, 6.07) is 12.3.